The van der Waals surface area contributed by atoms with Crippen LogP contribution in [0.4, 0.5) is 5.69 Å². The molecule has 47 heavy (non-hydrogen) atoms. The maximum atomic E-state index is 11.1. The molecule has 13 nitrogen and oxygen atoms in total. The van der Waals surface area contributed by atoms with E-state index in [1.165, 1.54) is 5.56 Å². The van der Waals surface area contributed by atoms with E-state index in [-0.39, 0.29) is 6.10 Å². The first-order valence-corrected chi connectivity index (χ1v) is 14.8. The summed E-state index contributed by atoms with van der Waals surface area (Å²) in [5, 5.41) is 51.2. The lowest BCUT2D eigenvalue weighted by Crippen LogP contribution is -2.46. The minimum Gasteiger partial charge on any atom is -0.491 e. The number of ether oxygens (including phenoxy) is 1. The summed E-state index contributed by atoms with van der Waals surface area (Å²) in [5.74, 6) is -4.14. The summed E-state index contributed by atoms with van der Waals surface area (Å²) >= 11 is 0. The van der Waals surface area contributed by atoms with Crippen molar-refractivity contribution in [1.29, 1.82) is 5.26 Å². The first-order valence-electron chi connectivity index (χ1n) is 14.8. The number of rotatable bonds is 13. The molecule has 5 N–H and O–H groups in total. The second-order valence-electron chi connectivity index (χ2n) is 11.0. The smallest absolute Gasteiger partial charge is 0.328 e. The third-order valence-corrected chi connectivity index (χ3v) is 6.89. The molecule has 3 rings (SSSR count). The van der Waals surface area contributed by atoms with E-state index in [1.54, 1.807) is 0 Å². The van der Waals surface area contributed by atoms with E-state index >= 15 is 0 Å². The molecule has 0 bridgehead atoms. The molecule has 0 radical (unpaired) electrons. The third kappa shape index (κ3) is 18.4. The van der Waals surface area contributed by atoms with Crippen molar-refractivity contribution in [3.8, 4) is 11.8 Å². The third-order valence-electron chi connectivity index (χ3n) is 6.89. The van der Waals surface area contributed by atoms with Crippen molar-refractivity contribution >= 4 is 29.6 Å². The van der Waals surface area contributed by atoms with Gasteiger partial charge in [-0.2, -0.15) is 5.26 Å². The molecule has 0 unspecified atom stereocenters. The van der Waals surface area contributed by atoms with Gasteiger partial charge in [-0.25, -0.2) is 19.2 Å². The number of likely N-dealkylation sites (tertiary alicyclic amines) is 1. The zero-order valence-electron chi connectivity index (χ0n) is 26.8. The number of hydrogen-bond donors (Lipinski definition) is 5. The van der Waals surface area contributed by atoms with Crippen LogP contribution in [0.3, 0.4) is 0 Å². The Kier molecular flexibility index (Phi) is 17.6. The van der Waals surface area contributed by atoms with Gasteiger partial charge in [-0.05, 0) is 81.5 Å². The Labute approximate surface area is 274 Å². The molecule has 0 amide bonds. The second-order valence-corrected chi connectivity index (χ2v) is 11.0. The highest BCUT2D eigenvalue weighted by molar-refractivity contribution is 5.90. The number of piperidine rings is 1. The highest BCUT2D eigenvalue weighted by Crippen LogP contribution is 2.27. The van der Waals surface area contributed by atoms with Gasteiger partial charge < -0.3 is 40.1 Å². The van der Waals surface area contributed by atoms with Gasteiger partial charge in [-0.15, -0.1) is 0 Å². The molecule has 1 heterocycles. The highest BCUT2D eigenvalue weighted by atomic mass is 16.5. The summed E-state index contributed by atoms with van der Waals surface area (Å²) in [6.45, 7) is 7.73. The Morgan fingerprint density at radius 1 is 0.872 bits per heavy atom. The highest BCUT2D eigenvalue weighted by Gasteiger charge is 2.32. The van der Waals surface area contributed by atoms with E-state index in [2.05, 4.69) is 35.0 Å². The van der Waals surface area contributed by atoms with Gasteiger partial charge in [0, 0.05) is 63.2 Å². The van der Waals surface area contributed by atoms with Gasteiger partial charge in [0.25, 0.3) is 0 Å². The first kappa shape index (κ1) is 39.8. The zero-order chi connectivity index (χ0) is 35.4. The fourth-order valence-electron chi connectivity index (χ4n) is 4.32. The lowest BCUT2D eigenvalue weighted by atomic mass is 9.88. The molecule has 1 fully saturated rings. The Balaban J connectivity index is 0.000000569. The molecule has 13 heteroatoms. The number of carboxylic acids is 4. The van der Waals surface area contributed by atoms with Crippen molar-refractivity contribution in [3.63, 3.8) is 0 Å². The topological polar surface area (TPSA) is 209 Å². The lowest BCUT2D eigenvalue weighted by molar-refractivity contribution is -0.134. The fourth-order valence-corrected chi connectivity index (χ4v) is 4.32. The van der Waals surface area contributed by atoms with Crippen LogP contribution < -0.4 is 9.64 Å². The SMILES string of the molecule is CC(C)Oc1ccc(N(C)CCC2(O)CCN(CCc3ccc(C#N)cc3)CC2)cc1.O=C(O)/C=C\C(=O)O.O=C(O)/C=C\C(=O)O. The Morgan fingerprint density at radius 3 is 1.74 bits per heavy atom. The number of carbonyl (C=O) groups is 4. The monoisotopic (exact) mass is 653 g/mol. The van der Waals surface area contributed by atoms with Crippen LogP contribution in [-0.4, -0.2) is 99.2 Å². The van der Waals surface area contributed by atoms with Gasteiger partial charge in [-0.3, -0.25) is 0 Å². The summed E-state index contributed by atoms with van der Waals surface area (Å²) in [7, 11) is 2.08. The molecule has 1 saturated heterocycles. The van der Waals surface area contributed by atoms with Gasteiger partial charge in [0.15, 0.2) is 0 Å². The average molecular weight is 654 g/mol. The number of aliphatic carboxylic acids is 4. The van der Waals surface area contributed by atoms with Crippen LogP contribution in [0.1, 0.15) is 44.2 Å². The number of carboxylic acid groups (broad SMARTS) is 4. The van der Waals surface area contributed by atoms with E-state index in [0.717, 1.165) is 63.3 Å². The van der Waals surface area contributed by atoms with E-state index in [0.29, 0.717) is 29.9 Å². The molecular formula is C34H43N3O10. The van der Waals surface area contributed by atoms with Gasteiger partial charge in [0.05, 0.1) is 23.3 Å². The summed E-state index contributed by atoms with van der Waals surface area (Å²) in [5.41, 5.74) is 2.52. The predicted molar refractivity (Wildman–Crippen MR) is 174 cm³/mol. The number of hydrogen-bond acceptors (Lipinski definition) is 9. The van der Waals surface area contributed by atoms with Crippen LogP contribution in [-0.2, 0) is 25.6 Å². The van der Waals surface area contributed by atoms with Crippen LogP contribution in [0.2, 0.25) is 0 Å². The minimum atomic E-state index is -1.26. The van der Waals surface area contributed by atoms with Crippen LogP contribution in [0, 0.1) is 11.3 Å². The largest absolute Gasteiger partial charge is 0.491 e. The molecule has 0 aromatic heterocycles. The standard InChI is InChI=1S/C26H35N3O2.2C4H4O4/c1-21(2)31-25-10-8-24(9-11-25)28(3)17-13-26(30)14-18-29(19-15-26)16-12-22-4-6-23(20-27)7-5-22;2*5-3(6)1-2-4(7)8/h4-11,21,30H,12-19H2,1-3H3;2*1-2H,(H,5,6)(H,7,8)/b;2*2-1-. The molecule has 2 aromatic carbocycles. The Morgan fingerprint density at radius 2 is 1.34 bits per heavy atom. The average Bonchev–Trinajstić information content (AvgIpc) is 3.02. The van der Waals surface area contributed by atoms with Gasteiger partial charge in [-0.1, -0.05) is 12.1 Å². The quantitative estimate of drug-likeness (QED) is 0.196. The maximum absolute atomic E-state index is 11.1. The lowest BCUT2D eigenvalue weighted by Gasteiger charge is -2.39. The fraction of sp³-hybridized carbons (Fsp3) is 0.382. The van der Waals surface area contributed by atoms with Crippen LogP contribution in [0.25, 0.3) is 0 Å². The molecule has 0 spiro atoms. The molecule has 254 valence electrons. The van der Waals surface area contributed by atoms with Gasteiger partial charge in [0.1, 0.15) is 5.75 Å². The Hall–Kier alpha value is -5.19. The molecular weight excluding hydrogens is 610 g/mol. The summed E-state index contributed by atoms with van der Waals surface area (Å²) in [4.78, 5) is 42.9. The molecule has 0 aliphatic carbocycles. The zero-order valence-corrected chi connectivity index (χ0v) is 26.8. The van der Waals surface area contributed by atoms with Crippen molar-refractivity contribution in [2.75, 3.05) is 38.1 Å². The molecule has 1 aliphatic heterocycles. The molecule has 0 saturated carbocycles. The van der Waals surface area contributed by atoms with Crippen molar-refractivity contribution in [2.45, 2.75) is 51.2 Å². The number of nitrogens with zero attached hydrogens (tertiary/aromatic N) is 3. The van der Waals surface area contributed by atoms with Gasteiger partial charge in [0.2, 0.25) is 0 Å². The minimum absolute atomic E-state index is 0.174. The molecule has 1 aliphatic rings. The van der Waals surface area contributed by atoms with E-state index in [4.69, 9.17) is 30.4 Å². The molecule has 2 aromatic rings. The van der Waals surface area contributed by atoms with Crippen LogP contribution >= 0.6 is 0 Å². The summed E-state index contributed by atoms with van der Waals surface area (Å²) in [6.07, 6.45) is 5.79. The van der Waals surface area contributed by atoms with Crippen molar-refractivity contribution < 1.29 is 49.4 Å². The summed E-state index contributed by atoms with van der Waals surface area (Å²) < 4.78 is 5.71. The second kappa shape index (κ2) is 20.8. The van der Waals surface area contributed by atoms with Crippen molar-refractivity contribution in [1.82, 2.24) is 4.90 Å². The van der Waals surface area contributed by atoms with E-state index < -0.39 is 29.5 Å². The number of aliphatic hydroxyl groups is 1. The predicted octanol–water partition coefficient (Wildman–Crippen LogP) is 3.66. The van der Waals surface area contributed by atoms with Crippen LogP contribution in [0.5, 0.6) is 5.75 Å². The van der Waals surface area contributed by atoms with E-state index in [1.807, 2.05) is 50.2 Å². The summed E-state index contributed by atoms with van der Waals surface area (Å²) in [6, 6.07) is 18.2. The Bertz CT molecular complexity index is 1320. The molecule has 0 atom stereocenters. The van der Waals surface area contributed by atoms with Gasteiger partial charge >= 0.3 is 23.9 Å². The normalized spacial score (nSPS) is 13.9. The number of anilines is 1. The van der Waals surface area contributed by atoms with Crippen molar-refractivity contribution in [2.24, 2.45) is 0 Å². The van der Waals surface area contributed by atoms with Crippen LogP contribution in [0.15, 0.2) is 72.8 Å². The number of benzene rings is 2. The van der Waals surface area contributed by atoms with Crippen molar-refractivity contribution in [3.05, 3.63) is 84.0 Å². The number of nitriles is 1. The maximum Gasteiger partial charge on any atom is 0.328 e. The first-order chi connectivity index (χ1) is 22.1. The van der Waals surface area contributed by atoms with E-state index in [9.17, 15) is 24.3 Å².